The molecule has 1 amide bonds. The number of allylic oxidation sites excluding steroid dienone is 1. The number of aliphatic hydroxyl groups excluding tert-OH is 1. The van der Waals surface area contributed by atoms with E-state index in [0.29, 0.717) is 41.3 Å². The second kappa shape index (κ2) is 10.0. The highest BCUT2D eigenvalue weighted by Crippen LogP contribution is 2.49. The van der Waals surface area contributed by atoms with Crippen LogP contribution < -0.4 is 5.32 Å². The van der Waals surface area contributed by atoms with Crippen molar-refractivity contribution in [1.29, 1.82) is 0 Å². The first-order valence-corrected chi connectivity index (χ1v) is 13.4. The van der Waals surface area contributed by atoms with Gasteiger partial charge in [-0.15, -0.1) is 0 Å². The Balaban J connectivity index is 1.17. The average Bonchev–Trinajstić information content (AvgIpc) is 3.76. The molecule has 3 aliphatic rings. The van der Waals surface area contributed by atoms with Crippen molar-refractivity contribution >= 4 is 23.3 Å². The molecule has 194 valence electrons. The van der Waals surface area contributed by atoms with Crippen molar-refractivity contribution in [2.45, 2.75) is 37.2 Å². The summed E-state index contributed by atoms with van der Waals surface area (Å²) in [5.74, 6) is 0.258. The Hall–Kier alpha value is -3.48. The summed E-state index contributed by atoms with van der Waals surface area (Å²) < 4.78 is 13.9. The zero-order valence-electron chi connectivity index (χ0n) is 21.0. The van der Waals surface area contributed by atoms with Gasteiger partial charge in [-0.1, -0.05) is 60.1 Å². The van der Waals surface area contributed by atoms with Crippen LogP contribution in [0.2, 0.25) is 5.02 Å². The van der Waals surface area contributed by atoms with Gasteiger partial charge in [0.25, 0.3) is 5.91 Å². The first-order chi connectivity index (χ1) is 18.4. The molecule has 2 heterocycles. The number of nitrogens with one attached hydrogen (secondary N) is 1. The lowest BCUT2D eigenvalue weighted by Gasteiger charge is -2.28. The highest BCUT2D eigenvalue weighted by molar-refractivity contribution is 6.30. The number of halogens is 2. The molecule has 0 aromatic heterocycles. The number of rotatable bonds is 5. The van der Waals surface area contributed by atoms with Crippen LogP contribution in [0.1, 0.15) is 42.9 Å². The van der Waals surface area contributed by atoms with E-state index in [9.17, 15) is 14.3 Å². The van der Waals surface area contributed by atoms with Gasteiger partial charge in [-0.25, -0.2) is 4.39 Å². The van der Waals surface area contributed by atoms with Crippen molar-refractivity contribution in [2.24, 2.45) is 4.99 Å². The van der Waals surface area contributed by atoms with Crippen LogP contribution >= 0.6 is 11.6 Å². The third kappa shape index (κ3) is 4.74. The number of amidine groups is 1. The Kier molecular flexibility index (Phi) is 6.54. The fourth-order valence-electron chi connectivity index (χ4n) is 5.61. The standard InChI is InChI=1S/C31H29ClFN3O2/c32-25-15-22(16-26(33)17-25)20-6-4-7-21(14-20)28(37)29(38)36-13-5-10-27-23(19-36)18-34-30(35-27)31(11-12-31)24-8-2-1-3-9-24/h1-4,6-9,14-17,28,37H,5,10-13,18-19H2,(H,34,35). The predicted octanol–water partition coefficient (Wildman–Crippen LogP) is 5.79. The second-order valence-corrected chi connectivity index (χ2v) is 10.8. The molecule has 1 unspecified atom stereocenters. The number of nitrogens with zero attached hydrogens (tertiary/aromatic N) is 2. The van der Waals surface area contributed by atoms with Crippen LogP contribution in [-0.2, 0) is 10.2 Å². The molecular formula is C31H29ClFN3O2. The maximum Gasteiger partial charge on any atom is 0.256 e. The summed E-state index contributed by atoms with van der Waals surface area (Å²) in [4.78, 5) is 20.1. The van der Waals surface area contributed by atoms with Gasteiger partial charge in [0.05, 0.1) is 12.0 Å². The fraction of sp³-hybridized carbons (Fsp3) is 0.290. The van der Waals surface area contributed by atoms with Crippen molar-refractivity contribution in [3.8, 4) is 11.1 Å². The molecule has 6 rings (SSSR count). The van der Waals surface area contributed by atoms with Crippen LogP contribution in [0.15, 0.2) is 89.1 Å². The topological polar surface area (TPSA) is 64.9 Å². The fourth-order valence-corrected chi connectivity index (χ4v) is 5.83. The maximum absolute atomic E-state index is 13.9. The molecule has 0 saturated heterocycles. The van der Waals surface area contributed by atoms with Crippen LogP contribution in [0.3, 0.4) is 0 Å². The number of carbonyl (C=O) groups excluding carboxylic acids is 1. The SMILES string of the molecule is O=C(C(O)c1cccc(-c2cc(F)cc(Cl)c2)c1)N1CCCC2=C(CN=C(C3(c4ccccc4)CC3)N2)C1. The van der Waals surface area contributed by atoms with E-state index in [2.05, 4.69) is 29.6 Å². The Morgan fingerprint density at radius 2 is 1.87 bits per heavy atom. The number of benzene rings is 3. The molecule has 1 aliphatic carbocycles. The summed E-state index contributed by atoms with van der Waals surface area (Å²) in [6.45, 7) is 1.55. The van der Waals surface area contributed by atoms with E-state index in [4.69, 9.17) is 16.6 Å². The van der Waals surface area contributed by atoms with Gasteiger partial charge in [0.2, 0.25) is 0 Å². The molecule has 0 bridgehead atoms. The Morgan fingerprint density at radius 1 is 1.05 bits per heavy atom. The molecule has 1 fully saturated rings. The van der Waals surface area contributed by atoms with E-state index >= 15 is 0 Å². The van der Waals surface area contributed by atoms with Gasteiger partial charge in [0, 0.05) is 23.8 Å². The van der Waals surface area contributed by atoms with Crippen molar-refractivity contribution in [2.75, 3.05) is 19.6 Å². The smallest absolute Gasteiger partial charge is 0.256 e. The first kappa shape index (κ1) is 24.8. The Morgan fingerprint density at radius 3 is 2.63 bits per heavy atom. The van der Waals surface area contributed by atoms with Crippen molar-refractivity contribution in [3.63, 3.8) is 0 Å². The molecule has 7 heteroatoms. The number of carbonyl (C=O) groups is 1. The minimum Gasteiger partial charge on any atom is -0.378 e. The largest absolute Gasteiger partial charge is 0.378 e. The molecule has 3 aromatic carbocycles. The van der Waals surface area contributed by atoms with Crippen LogP contribution in [-0.4, -0.2) is 41.4 Å². The number of aliphatic hydroxyl groups is 1. The van der Waals surface area contributed by atoms with Crippen LogP contribution in [0, 0.1) is 5.82 Å². The van der Waals surface area contributed by atoms with Gasteiger partial charge in [-0.2, -0.15) is 0 Å². The zero-order chi connectivity index (χ0) is 26.3. The van der Waals surface area contributed by atoms with E-state index in [1.54, 1.807) is 35.2 Å². The molecule has 0 radical (unpaired) electrons. The molecule has 0 spiro atoms. The van der Waals surface area contributed by atoms with Gasteiger partial charge in [0.15, 0.2) is 6.10 Å². The predicted molar refractivity (Wildman–Crippen MR) is 147 cm³/mol. The minimum atomic E-state index is -1.32. The van der Waals surface area contributed by atoms with E-state index in [-0.39, 0.29) is 11.3 Å². The summed E-state index contributed by atoms with van der Waals surface area (Å²) in [5.41, 5.74) is 5.27. The number of amides is 1. The lowest BCUT2D eigenvalue weighted by molar-refractivity contribution is -0.140. The van der Waals surface area contributed by atoms with Gasteiger partial charge in [-0.05, 0) is 77.8 Å². The quantitative estimate of drug-likeness (QED) is 0.440. The molecule has 3 aromatic rings. The van der Waals surface area contributed by atoms with Gasteiger partial charge in [0.1, 0.15) is 11.7 Å². The molecule has 38 heavy (non-hydrogen) atoms. The monoisotopic (exact) mass is 529 g/mol. The zero-order valence-corrected chi connectivity index (χ0v) is 21.7. The van der Waals surface area contributed by atoms with E-state index in [0.717, 1.165) is 42.8 Å². The third-order valence-electron chi connectivity index (χ3n) is 7.83. The first-order valence-electron chi connectivity index (χ1n) is 13.0. The van der Waals surface area contributed by atoms with E-state index < -0.39 is 11.9 Å². The van der Waals surface area contributed by atoms with Gasteiger partial charge in [-0.3, -0.25) is 9.79 Å². The molecular weight excluding hydrogens is 501 g/mol. The highest BCUT2D eigenvalue weighted by atomic mass is 35.5. The lowest BCUT2D eigenvalue weighted by Crippen LogP contribution is -2.40. The number of hydrogen-bond donors (Lipinski definition) is 2. The summed E-state index contributed by atoms with van der Waals surface area (Å²) in [5, 5.41) is 15.0. The van der Waals surface area contributed by atoms with Crippen molar-refractivity contribution < 1.29 is 14.3 Å². The highest BCUT2D eigenvalue weighted by Gasteiger charge is 2.50. The summed E-state index contributed by atoms with van der Waals surface area (Å²) in [7, 11) is 0. The lowest BCUT2D eigenvalue weighted by atomic mass is 9.93. The van der Waals surface area contributed by atoms with Crippen LogP contribution in [0.4, 0.5) is 4.39 Å². The Bertz CT molecular complexity index is 1430. The average molecular weight is 530 g/mol. The van der Waals surface area contributed by atoms with Crippen LogP contribution in [0.5, 0.6) is 0 Å². The molecule has 5 nitrogen and oxygen atoms in total. The molecule has 1 atom stereocenters. The summed E-state index contributed by atoms with van der Waals surface area (Å²) in [6.07, 6.45) is 2.50. The van der Waals surface area contributed by atoms with Gasteiger partial charge < -0.3 is 15.3 Å². The van der Waals surface area contributed by atoms with E-state index in [1.165, 1.54) is 17.7 Å². The van der Waals surface area contributed by atoms with E-state index in [1.807, 2.05) is 6.07 Å². The normalized spacial score (nSPS) is 19.1. The van der Waals surface area contributed by atoms with Crippen LogP contribution in [0.25, 0.3) is 11.1 Å². The third-order valence-corrected chi connectivity index (χ3v) is 8.05. The van der Waals surface area contributed by atoms with Crippen molar-refractivity contribution in [1.82, 2.24) is 10.2 Å². The molecule has 2 aliphatic heterocycles. The van der Waals surface area contributed by atoms with Crippen molar-refractivity contribution in [3.05, 3.63) is 106 Å². The van der Waals surface area contributed by atoms with Gasteiger partial charge >= 0.3 is 0 Å². The maximum atomic E-state index is 13.9. The number of hydrogen-bond acceptors (Lipinski definition) is 4. The minimum absolute atomic E-state index is 0.0191. The number of aliphatic imine (C=N–C) groups is 1. The second-order valence-electron chi connectivity index (χ2n) is 10.4. The summed E-state index contributed by atoms with van der Waals surface area (Å²) in [6, 6.07) is 21.8. The summed E-state index contributed by atoms with van der Waals surface area (Å²) >= 11 is 6.03. The Labute approximate surface area is 226 Å². The molecule has 2 N–H and O–H groups in total. The molecule has 1 saturated carbocycles.